The average Bonchev–Trinajstić information content (AvgIpc) is 2.13. The molecule has 0 aliphatic heterocycles. The quantitative estimate of drug-likeness (QED) is 0.535. The molecule has 2 N–H and O–H groups in total. The lowest BCUT2D eigenvalue weighted by molar-refractivity contribution is -0.117. The van der Waals surface area contributed by atoms with E-state index in [4.69, 9.17) is 5.11 Å². The number of aliphatic hydroxyl groups is 2. The van der Waals surface area contributed by atoms with Crippen molar-refractivity contribution in [1.82, 2.24) is 9.80 Å². The zero-order chi connectivity index (χ0) is 11.8. The van der Waals surface area contributed by atoms with Crippen molar-refractivity contribution in [2.75, 3.05) is 46.9 Å². The van der Waals surface area contributed by atoms with Gasteiger partial charge in [0.2, 0.25) is 0 Å². The fraction of sp³-hybridized carbons (Fsp3) is 0.900. The number of hydrogen-bond donors (Lipinski definition) is 2. The summed E-state index contributed by atoms with van der Waals surface area (Å²) in [6.07, 6.45) is -0.687. The van der Waals surface area contributed by atoms with Gasteiger partial charge in [-0.05, 0) is 21.0 Å². The molecule has 0 aromatic heterocycles. The van der Waals surface area contributed by atoms with Gasteiger partial charge in [-0.1, -0.05) is 0 Å². The zero-order valence-corrected chi connectivity index (χ0v) is 9.81. The van der Waals surface area contributed by atoms with E-state index in [1.54, 1.807) is 6.92 Å². The summed E-state index contributed by atoms with van der Waals surface area (Å²) in [6.45, 7) is 3.79. The molecule has 0 spiro atoms. The number of nitrogens with zero attached hydrogens (tertiary/aromatic N) is 2. The first-order chi connectivity index (χ1) is 6.95. The molecule has 1 unspecified atom stereocenters. The lowest BCUT2D eigenvalue weighted by Crippen LogP contribution is -2.37. The molecule has 0 aliphatic rings. The molecule has 0 heterocycles. The van der Waals surface area contributed by atoms with E-state index in [2.05, 4.69) is 0 Å². The third kappa shape index (κ3) is 8.50. The van der Waals surface area contributed by atoms with Gasteiger partial charge in [0, 0.05) is 19.6 Å². The van der Waals surface area contributed by atoms with Crippen molar-refractivity contribution < 1.29 is 15.0 Å². The third-order valence-corrected chi connectivity index (χ3v) is 2.09. The van der Waals surface area contributed by atoms with Crippen LogP contribution in [0.15, 0.2) is 0 Å². The molecule has 0 fully saturated rings. The highest BCUT2D eigenvalue weighted by Gasteiger charge is 2.08. The Kier molecular flexibility index (Phi) is 7.50. The van der Waals surface area contributed by atoms with Gasteiger partial charge >= 0.3 is 0 Å². The number of hydrogen-bond acceptors (Lipinski definition) is 5. The molecule has 90 valence electrons. The van der Waals surface area contributed by atoms with Crippen LogP contribution >= 0.6 is 0 Å². The Balaban J connectivity index is 3.61. The Morgan fingerprint density at radius 3 is 2.27 bits per heavy atom. The van der Waals surface area contributed by atoms with Gasteiger partial charge in [0.05, 0.1) is 19.3 Å². The Bertz CT molecular complexity index is 188. The second-order valence-corrected chi connectivity index (χ2v) is 4.04. The average molecular weight is 218 g/mol. The normalized spacial score (nSPS) is 13.5. The van der Waals surface area contributed by atoms with Crippen LogP contribution < -0.4 is 0 Å². The largest absolute Gasteiger partial charge is 0.394 e. The van der Waals surface area contributed by atoms with Gasteiger partial charge in [-0.3, -0.25) is 9.69 Å². The molecule has 5 nitrogen and oxygen atoms in total. The zero-order valence-electron chi connectivity index (χ0n) is 9.81. The number of carbonyl (C=O) groups is 1. The minimum absolute atomic E-state index is 0.149. The van der Waals surface area contributed by atoms with Crippen molar-refractivity contribution in [2.45, 2.75) is 13.0 Å². The predicted molar refractivity (Wildman–Crippen MR) is 58.8 cm³/mol. The summed E-state index contributed by atoms with van der Waals surface area (Å²) >= 11 is 0. The fourth-order valence-corrected chi connectivity index (χ4v) is 1.31. The molecule has 15 heavy (non-hydrogen) atoms. The molecule has 0 rings (SSSR count). The Morgan fingerprint density at radius 2 is 1.80 bits per heavy atom. The van der Waals surface area contributed by atoms with Crippen LogP contribution in [0.5, 0.6) is 0 Å². The minimum atomic E-state index is -0.687. The van der Waals surface area contributed by atoms with E-state index in [0.717, 1.165) is 13.1 Å². The first kappa shape index (κ1) is 14.5. The lowest BCUT2D eigenvalue weighted by Gasteiger charge is -2.22. The van der Waals surface area contributed by atoms with Crippen molar-refractivity contribution in [2.24, 2.45) is 0 Å². The minimum Gasteiger partial charge on any atom is -0.394 e. The molecule has 0 aromatic rings. The standard InChI is InChI=1S/C10H22N2O3/c1-9(14)6-11(2)4-5-12(3)7-10(15)8-13/h10,13,15H,4-8H2,1-3H3. The lowest BCUT2D eigenvalue weighted by atomic mass is 10.3. The fourth-order valence-electron chi connectivity index (χ4n) is 1.31. The van der Waals surface area contributed by atoms with Crippen molar-refractivity contribution in [3.05, 3.63) is 0 Å². The third-order valence-electron chi connectivity index (χ3n) is 2.09. The summed E-state index contributed by atoms with van der Waals surface area (Å²) in [7, 11) is 3.76. The molecule has 5 heteroatoms. The van der Waals surface area contributed by atoms with Crippen LogP contribution in [0.1, 0.15) is 6.92 Å². The summed E-state index contributed by atoms with van der Waals surface area (Å²) < 4.78 is 0. The molecule has 0 radical (unpaired) electrons. The molecule has 0 bridgehead atoms. The van der Waals surface area contributed by atoms with Crippen molar-refractivity contribution >= 4 is 5.78 Å². The number of carbonyl (C=O) groups excluding carboxylic acids is 1. The first-order valence-electron chi connectivity index (χ1n) is 5.11. The summed E-state index contributed by atoms with van der Waals surface area (Å²) in [4.78, 5) is 14.7. The predicted octanol–water partition coefficient (Wildman–Crippen LogP) is -1.21. The van der Waals surface area contributed by atoms with E-state index in [1.807, 2.05) is 23.9 Å². The Hall–Kier alpha value is -0.490. The summed E-state index contributed by atoms with van der Waals surface area (Å²) in [5.41, 5.74) is 0. The second kappa shape index (κ2) is 7.76. The van der Waals surface area contributed by atoms with E-state index in [9.17, 15) is 9.90 Å². The number of aliphatic hydroxyl groups excluding tert-OH is 2. The first-order valence-corrected chi connectivity index (χ1v) is 5.11. The summed E-state index contributed by atoms with van der Waals surface area (Å²) in [6, 6.07) is 0. The van der Waals surface area contributed by atoms with Crippen LogP contribution in [0.4, 0.5) is 0 Å². The van der Waals surface area contributed by atoms with Crippen molar-refractivity contribution in [1.29, 1.82) is 0 Å². The molecule has 0 amide bonds. The highest BCUT2D eigenvalue weighted by Crippen LogP contribution is 1.90. The monoisotopic (exact) mass is 218 g/mol. The maximum atomic E-state index is 10.8. The smallest absolute Gasteiger partial charge is 0.143 e. The number of ketones is 1. The highest BCUT2D eigenvalue weighted by molar-refractivity contribution is 5.77. The van der Waals surface area contributed by atoms with E-state index < -0.39 is 6.10 Å². The molecule has 0 saturated carbocycles. The summed E-state index contributed by atoms with van der Waals surface area (Å²) in [5, 5.41) is 17.8. The van der Waals surface area contributed by atoms with Crippen LogP contribution in [-0.2, 0) is 4.79 Å². The van der Waals surface area contributed by atoms with Gasteiger partial charge in [-0.15, -0.1) is 0 Å². The van der Waals surface area contributed by atoms with Gasteiger partial charge < -0.3 is 15.1 Å². The topological polar surface area (TPSA) is 64.0 Å². The molecule has 0 aliphatic carbocycles. The number of rotatable bonds is 8. The number of Topliss-reactive ketones (excluding diaryl/α,β-unsaturated/α-hetero) is 1. The van der Waals surface area contributed by atoms with Gasteiger partial charge in [-0.25, -0.2) is 0 Å². The Morgan fingerprint density at radius 1 is 1.27 bits per heavy atom. The highest BCUT2D eigenvalue weighted by atomic mass is 16.3. The number of likely N-dealkylation sites (N-methyl/N-ethyl adjacent to an activating group) is 2. The molecular weight excluding hydrogens is 196 g/mol. The van der Waals surface area contributed by atoms with E-state index in [-0.39, 0.29) is 12.4 Å². The maximum absolute atomic E-state index is 10.8. The van der Waals surface area contributed by atoms with Crippen molar-refractivity contribution in [3.8, 4) is 0 Å². The van der Waals surface area contributed by atoms with Gasteiger partial charge in [0.1, 0.15) is 5.78 Å². The van der Waals surface area contributed by atoms with Gasteiger partial charge in [0.25, 0.3) is 0 Å². The second-order valence-electron chi connectivity index (χ2n) is 4.04. The van der Waals surface area contributed by atoms with Gasteiger partial charge in [0.15, 0.2) is 0 Å². The SMILES string of the molecule is CC(=O)CN(C)CCN(C)CC(O)CO. The Labute approximate surface area is 91.3 Å². The van der Waals surface area contributed by atoms with Crippen LogP contribution in [-0.4, -0.2) is 78.8 Å². The summed E-state index contributed by atoms with van der Waals surface area (Å²) in [5.74, 6) is 0.149. The molecule has 1 atom stereocenters. The van der Waals surface area contributed by atoms with Crippen LogP contribution in [0, 0.1) is 0 Å². The van der Waals surface area contributed by atoms with Crippen LogP contribution in [0.2, 0.25) is 0 Å². The van der Waals surface area contributed by atoms with E-state index in [0.29, 0.717) is 13.1 Å². The van der Waals surface area contributed by atoms with Crippen molar-refractivity contribution in [3.63, 3.8) is 0 Å². The molecule has 0 saturated heterocycles. The van der Waals surface area contributed by atoms with Crippen LogP contribution in [0.3, 0.4) is 0 Å². The van der Waals surface area contributed by atoms with Gasteiger partial charge in [-0.2, -0.15) is 0 Å². The van der Waals surface area contributed by atoms with E-state index >= 15 is 0 Å². The molecule has 0 aromatic carbocycles. The maximum Gasteiger partial charge on any atom is 0.143 e. The molecular formula is C10H22N2O3. The van der Waals surface area contributed by atoms with Crippen LogP contribution in [0.25, 0.3) is 0 Å². The van der Waals surface area contributed by atoms with E-state index in [1.165, 1.54) is 0 Å².